The van der Waals surface area contributed by atoms with Gasteiger partial charge in [-0.25, -0.2) is 36.4 Å². The fraction of sp³-hybridized carbons (Fsp3) is 0. The molecule has 0 saturated heterocycles. The number of benzene rings is 2. The van der Waals surface area contributed by atoms with Crippen LogP contribution in [-0.2, 0) is 34.1 Å². The Labute approximate surface area is 273 Å². The van der Waals surface area contributed by atoms with Crippen molar-refractivity contribution in [2.75, 3.05) is 0 Å². The Morgan fingerprint density at radius 3 is 1.22 bits per heavy atom. The molecule has 0 atom stereocenters. The fourth-order valence-corrected chi connectivity index (χ4v) is 5.69. The van der Waals surface area contributed by atoms with E-state index in [-0.39, 0.29) is 39.7 Å². The van der Waals surface area contributed by atoms with Crippen molar-refractivity contribution in [3.63, 3.8) is 0 Å². The van der Waals surface area contributed by atoms with Gasteiger partial charge in [0.05, 0.1) is 0 Å². The third-order valence-electron chi connectivity index (χ3n) is 4.51. The zero-order valence-electron chi connectivity index (χ0n) is 21.8. The van der Waals surface area contributed by atoms with E-state index >= 15 is 0 Å². The van der Waals surface area contributed by atoms with Gasteiger partial charge in [0, 0.05) is 34.1 Å². The molecule has 0 amide bonds. The Hall–Kier alpha value is -3.38. The predicted molar refractivity (Wildman–Crippen MR) is 155 cm³/mol. The van der Waals surface area contributed by atoms with Gasteiger partial charge < -0.3 is 44.8 Å². The van der Waals surface area contributed by atoms with Crippen LogP contribution >= 0.6 is 0 Å². The summed E-state index contributed by atoms with van der Waals surface area (Å²) in [7, 11) is 0. The van der Waals surface area contributed by atoms with Crippen LogP contribution in [0.4, 0.5) is 0 Å². The third kappa shape index (κ3) is 18.6. The number of carboxylic acids is 2. The van der Waals surface area contributed by atoms with E-state index in [1.54, 1.807) is 24.3 Å². The zero-order chi connectivity index (χ0) is 28.0. The molecule has 0 heterocycles. The van der Waals surface area contributed by atoms with Crippen molar-refractivity contribution in [1.29, 1.82) is 0 Å². The average Bonchev–Trinajstić information content (AvgIpc) is 3.79. The summed E-state index contributed by atoms with van der Waals surface area (Å²) >= 11 is -0.517. The summed E-state index contributed by atoms with van der Waals surface area (Å²) < 4.78 is 3.08. The van der Waals surface area contributed by atoms with E-state index in [2.05, 4.69) is 84.9 Å². The van der Waals surface area contributed by atoms with Gasteiger partial charge in [-0.05, 0) is 0 Å². The molecule has 41 heavy (non-hydrogen) atoms. The minimum absolute atomic E-state index is 0. The number of hydrogen-bond donors (Lipinski definition) is 2. The Morgan fingerprint density at radius 1 is 0.585 bits per heavy atom. The summed E-state index contributed by atoms with van der Waals surface area (Å²) in [6, 6.07) is 57.4. The van der Waals surface area contributed by atoms with Crippen LogP contribution in [0.15, 0.2) is 146 Å². The molecule has 0 aromatic heterocycles. The number of rotatable bonds is 4. The van der Waals surface area contributed by atoms with E-state index in [0.29, 0.717) is 5.56 Å². The van der Waals surface area contributed by atoms with Crippen LogP contribution in [0.25, 0.3) is 0 Å². The number of aromatic carboxylic acids is 2. The fourth-order valence-electron chi connectivity index (χ4n) is 2.69. The van der Waals surface area contributed by atoms with Crippen LogP contribution in [-0.4, -0.2) is 43.3 Å². The van der Waals surface area contributed by atoms with Crippen molar-refractivity contribution in [3.05, 3.63) is 181 Å². The molecule has 7 heteroatoms. The van der Waals surface area contributed by atoms with Gasteiger partial charge in [0.15, 0.2) is 0 Å². The number of carboxylic acid groups (broad SMARTS) is 2. The van der Waals surface area contributed by atoms with Crippen molar-refractivity contribution in [2.24, 2.45) is 0 Å². The second kappa shape index (κ2) is 24.4. The van der Waals surface area contributed by atoms with Gasteiger partial charge in [-0.1, -0.05) is 5.56 Å². The van der Waals surface area contributed by atoms with Gasteiger partial charge in [0.25, 0.3) is 5.97 Å². The minimum atomic E-state index is -1.04. The SMILES string of the molecule is O=C(O)[c-]1[c-][c-][c-][c-]1.O=C(O)[c-]1cccc1.[Fe].[Fe].c1cc[cH-]c1.c1cc[cH-]c1.c1cc[c]([Sn][c]2ccccc2)cc1. The molecule has 6 rings (SSSR count). The van der Waals surface area contributed by atoms with Crippen LogP contribution in [0.2, 0.25) is 0 Å². The van der Waals surface area contributed by atoms with Gasteiger partial charge in [-0.15, -0.1) is 5.97 Å². The number of hydrogen-bond acceptors (Lipinski definition) is 2. The predicted octanol–water partition coefficient (Wildman–Crippen LogP) is 5.56. The molecule has 0 saturated carbocycles. The first-order valence-electron chi connectivity index (χ1n) is 11.8. The first-order valence-corrected chi connectivity index (χ1v) is 14.7. The van der Waals surface area contributed by atoms with Gasteiger partial charge in [0.2, 0.25) is 0 Å². The van der Waals surface area contributed by atoms with Crippen molar-refractivity contribution < 1.29 is 53.9 Å². The van der Waals surface area contributed by atoms with Crippen molar-refractivity contribution in [2.45, 2.75) is 0 Å². The van der Waals surface area contributed by atoms with Gasteiger partial charge in [-0.3, -0.25) is 4.79 Å². The first kappa shape index (κ1) is 37.6. The summed E-state index contributed by atoms with van der Waals surface area (Å²) in [5.74, 6) is -1.91. The molecule has 0 fully saturated rings. The van der Waals surface area contributed by atoms with Crippen LogP contribution in [0.3, 0.4) is 0 Å². The molecule has 214 valence electrons. The van der Waals surface area contributed by atoms with Crippen LogP contribution in [0.5, 0.6) is 0 Å². The van der Waals surface area contributed by atoms with Crippen molar-refractivity contribution in [1.82, 2.24) is 0 Å². The molecule has 6 aromatic carbocycles. The molecule has 4 nitrogen and oxygen atoms in total. The van der Waals surface area contributed by atoms with E-state index in [1.807, 2.05) is 60.7 Å². The maximum absolute atomic E-state index is 10.1. The standard InChI is InChI=1S/C6H5O2.C6HO2.2C6H5.2C5H5.2Fe.Sn/c2*7-6(8)5-3-1-2-4-5;2*1-2-4-6-5-3-1;2*1-2-4-5-3-1;;;/h1-4H,(H,7,8);(H,7,8);2*1-5H;2*1-5H;;;/q-1;-5;;;2*-1;;;. The second-order valence-electron chi connectivity index (χ2n) is 7.44. The van der Waals surface area contributed by atoms with Gasteiger partial charge in [0.1, 0.15) is 0 Å². The quantitative estimate of drug-likeness (QED) is 0.185. The molecule has 0 unspecified atom stereocenters. The Morgan fingerprint density at radius 2 is 0.976 bits per heavy atom. The molecular weight excluding hydrogens is 703 g/mol. The molecule has 0 aliphatic carbocycles. The second-order valence-corrected chi connectivity index (χ2v) is 11.4. The normalized spacial score (nSPS) is 8.59. The van der Waals surface area contributed by atoms with Gasteiger partial charge >= 0.3 is 89.0 Å². The molecule has 6 aromatic rings. The summed E-state index contributed by atoms with van der Waals surface area (Å²) in [4.78, 5) is 20.0. The topological polar surface area (TPSA) is 74.6 Å². The Balaban J connectivity index is 0.000000505. The molecule has 0 aliphatic rings. The zero-order valence-corrected chi connectivity index (χ0v) is 26.8. The molecular formula is C34H26Fe2O4Sn-8. The van der Waals surface area contributed by atoms with Crippen LogP contribution in [0.1, 0.15) is 20.7 Å². The Kier molecular flexibility index (Phi) is 22.4. The molecule has 2 radical (unpaired) electrons. The molecule has 0 aliphatic heterocycles. The van der Waals surface area contributed by atoms with Crippen LogP contribution < -0.4 is 7.16 Å². The third-order valence-corrected chi connectivity index (χ3v) is 8.06. The monoisotopic (exact) mass is 730 g/mol. The molecule has 2 N–H and O–H groups in total. The summed E-state index contributed by atoms with van der Waals surface area (Å²) in [5.41, 5.74) is 0.343. The van der Waals surface area contributed by atoms with Gasteiger partial charge in [-0.2, -0.15) is 48.5 Å². The van der Waals surface area contributed by atoms with Crippen molar-refractivity contribution in [3.8, 4) is 0 Å². The summed E-state index contributed by atoms with van der Waals surface area (Å²) in [6.07, 6.45) is 0. The van der Waals surface area contributed by atoms with E-state index in [1.165, 1.54) is 7.16 Å². The summed E-state index contributed by atoms with van der Waals surface area (Å²) in [6.45, 7) is 0. The Bertz CT molecular complexity index is 1210. The maximum atomic E-state index is 10.1. The molecule has 0 spiro atoms. The molecule has 0 bridgehead atoms. The van der Waals surface area contributed by atoms with E-state index in [4.69, 9.17) is 10.2 Å². The van der Waals surface area contributed by atoms with E-state index < -0.39 is 33.1 Å². The number of carbonyl (C=O) groups is 2. The van der Waals surface area contributed by atoms with E-state index in [9.17, 15) is 9.59 Å². The first-order chi connectivity index (χ1) is 19.1. The van der Waals surface area contributed by atoms with E-state index in [0.717, 1.165) is 0 Å². The van der Waals surface area contributed by atoms with Crippen molar-refractivity contribution >= 4 is 40.2 Å². The van der Waals surface area contributed by atoms with Crippen LogP contribution in [0, 0.1) is 24.3 Å². The average molecular weight is 729 g/mol. The summed E-state index contributed by atoms with van der Waals surface area (Å²) in [5, 5.41) is 16.4.